The van der Waals surface area contributed by atoms with Gasteiger partial charge in [-0.05, 0) is 37.5 Å². The van der Waals surface area contributed by atoms with Crippen LogP contribution in [0.5, 0.6) is 0 Å². The number of ether oxygens (including phenoxy) is 1. The van der Waals surface area contributed by atoms with E-state index in [1.807, 2.05) is 44.1 Å². The van der Waals surface area contributed by atoms with Crippen LogP contribution in [0.3, 0.4) is 0 Å². The lowest BCUT2D eigenvalue weighted by molar-refractivity contribution is -0.143. The molecule has 3 rings (SSSR count). The van der Waals surface area contributed by atoms with Crippen LogP contribution in [-0.4, -0.2) is 38.7 Å². The minimum absolute atomic E-state index is 0.0501. The predicted octanol–water partition coefficient (Wildman–Crippen LogP) is 3.76. The molecule has 1 unspecified atom stereocenters. The Kier molecular flexibility index (Phi) is 5.19. The van der Waals surface area contributed by atoms with Gasteiger partial charge in [0.25, 0.3) is 0 Å². The molecule has 1 aromatic carbocycles. The Labute approximate surface area is 158 Å². The molecule has 138 valence electrons. The third-order valence-corrected chi connectivity index (χ3v) is 5.45. The van der Waals surface area contributed by atoms with Crippen molar-refractivity contribution < 1.29 is 14.3 Å². The van der Waals surface area contributed by atoms with E-state index in [4.69, 9.17) is 16.3 Å². The van der Waals surface area contributed by atoms with Gasteiger partial charge in [-0.1, -0.05) is 17.7 Å². The number of rotatable bonds is 3. The summed E-state index contributed by atoms with van der Waals surface area (Å²) in [6.45, 7) is 1.82. The molecule has 0 saturated heterocycles. The smallest absolute Gasteiger partial charge is 0.315 e. The summed E-state index contributed by atoms with van der Waals surface area (Å²) < 4.78 is 5.02. The number of halogens is 1. The Morgan fingerprint density at radius 3 is 2.65 bits per heavy atom. The van der Waals surface area contributed by atoms with E-state index < -0.39 is 17.8 Å². The summed E-state index contributed by atoms with van der Waals surface area (Å²) in [5, 5.41) is 0.537. The number of Topliss-reactive ketones (excluding diaryl/α,β-unsaturated/α-hetero) is 1. The van der Waals surface area contributed by atoms with Crippen LogP contribution in [0, 0.1) is 5.92 Å². The first kappa shape index (κ1) is 18.6. The van der Waals surface area contributed by atoms with Gasteiger partial charge in [0.1, 0.15) is 5.92 Å². The third kappa shape index (κ3) is 3.16. The average Bonchev–Trinajstić information content (AvgIpc) is 2.60. The van der Waals surface area contributed by atoms with E-state index in [1.54, 1.807) is 0 Å². The fourth-order valence-electron chi connectivity index (χ4n) is 3.82. The number of hydrogen-bond donors (Lipinski definition) is 0. The number of allylic oxidation sites excluding steroid dienone is 2. The number of nitrogens with zero attached hydrogens (tertiary/aromatic N) is 2. The van der Waals surface area contributed by atoms with Crippen molar-refractivity contribution in [2.24, 2.45) is 10.9 Å². The van der Waals surface area contributed by atoms with Crippen molar-refractivity contribution >= 4 is 34.8 Å². The van der Waals surface area contributed by atoms with Crippen LogP contribution in [-0.2, 0) is 14.3 Å². The van der Waals surface area contributed by atoms with Crippen molar-refractivity contribution in [3.8, 4) is 0 Å². The zero-order valence-corrected chi connectivity index (χ0v) is 16.3. The van der Waals surface area contributed by atoms with E-state index >= 15 is 0 Å². The highest BCUT2D eigenvalue weighted by atomic mass is 35.5. The summed E-state index contributed by atoms with van der Waals surface area (Å²) in [4.78, 5) is 31.8. The van der Waals surface area contributed by atoms with Gasteiger partial charge >= 0.3 is 5.97 Å². The Morgan fingerprint density at radius 2 is 2.04 bits per heavy atom. The fraction of sp³-hybridized carbons (Fsp3) is 0.450. The lowest BCUT2D eigenvalue weighted by Gasteiger charge is -2.34. The number of carbonyl (C=O) groups excluding carboxylic acids is 2. The van der Waals surface area contributed by atoms with E-state index in [0.717, 1.165) is 29.8 Å². The largest absolute Gasteiger partial charge is 0.468 e. The summed E-state index contributed by atoms with van der Waals surface area (Å²) in [5.74, 6) is -1.43. The molecule has 5 nitrogen and oxygen atoms in total. The van der Waals surface area contributed by atoms with Gasteiger partial charge in [-0.2, -0.15) is 0 Å². The molecule has 26 heavy (non-hydrogen) atoms. The monoisotopic (exact) mass is 374 g/mol. The highest BCUT2D eigenvalue weighted by Crippen LogP contribution is 2.45. The van der Waals surface area contributed by atoms with Gasteiger partial charge in [-0.25, -0.2) is 0 Å². The topological polar surface area (TPSA) is 59.0 Å². The molecule has 1 aliphatic carbocycles. The van der Waals surface area contributed by atoms with Gasteiger partial charge < -0.3 is 9.64 Å². The quantitative estimate of drug-likeness (QED) is 0.756. The van der Waals surface area contributed by atoms with Crippen molar-refractivity contribution in [3.05, 3.63) is 40.1 Å². The Hall–Kier alpha value is -2.14. The Bertz CT molecular complexity index is 826. The van der Waals surface area contributed by atoms with Crippen molar-refractivity contribution in [2.45, 2.75) is 32.1 Å². The summed E-state index contributed by atoms with van der Waals surface area (Å²) in [5.41, 5.74) is 3.81. The number of anilines is 1. The molecular formula is C20H23ClN2O3. The minimum Gasteiger partial charge on any atom is -0.468 e. The molecule has 0 radical (unpaired) electrons. The number of carbonyl (C=O) groups is 2. The summed E-state index contributed by atoms with van der Waals surface area (Å²) in [6.07, 6.45) is 2.01. The third-order valence-electron chi connectivity index (χ3n) is 5.13. The normalized spacial score (nSPS) is 22.7. The van der Waals surface area contributed by atoms with Gasteiger partial charge in [-0.15, -0.1) is 0 Å². The number of benzene rings is 1. The SMILES string of the molecule is COC(=O)C1C(C)=NC2=C(C(=O)CCC2)[C@@H]1c1ccc(N(C)C)cc1Cl. The second kappa shape index (κ2) is 7.23. The van der Waals surface area contributed by atoms with Gasteiger partial charge in [0.2, 0.25) is 0 Å². The molecule has 1 aliphatic heterocycles. The molecule has 1 aromatic rings. The van der Waals surface area contributed by atoms with Crippen LogP contribution in [0.25, 0.3) is 0 Å². The maximum absolute atomic E-state index is 12.7. The fourth-order valence-corrected chi connectivity index (χ4v) is 4.11. The zero-order chi connectivity index (χ0) is 19.0. The van der Waals surface area contributed by atoms with Crippen molar-refractivity contribution in [2.75, 3.05) is 26.1 Å². The standard InChI is InChI=1S/C20H23ClN2O3/c1-11-17(20(25)26-4)18(19-15(22-11)6-5-7-16(19)24)13-9-8-12(23(2)3)10-14(13)21/h8-10,17-18H,5-7H2,1-4H3/t17?,18-/m1/s1. The molecule has 6 heteroatoms. The van der Waals surface area contributed by atoms with E-state index in [2.05, 4.69) is 4.99 Å². The first-order chi connectivity index (χ1) is 12.3. The summed E-state index contributed by atoms with van der Waals surface area (Å²) in [6, 6.07) is 5.72. The van der Waals surface area contributed by atoms with E-state index in [-0.39, 0.29) is 5.78 Å². The second-order valence-electron chi connectivity index (χ2n) is 6.97. The molecule has 0 aromatic heterocycles. The molecular weight excluding hydrogens is 352 g/mol. The van der Waals surface area contributed by atoms with Crippen LogP contribution in [0.4, 0.5) is 5.69 Å². The Morgan fingerprint density at radius 1 is 1.31 bits per heavy atom. The van der Waals surface area contributed by atoms with Crippen molar-refractivity contribution in [1.82, 2.24) is 0 Å². The molecule has 2 atom stereocenters. The molecule has 0 spiro atoms. The summed E-state index contributed by atoms with van der Waals surface area (Å²) >= 11 is 6.59. The minimum atomic E-state index is -0.636. The molecule has 0 amide bonds. The number of methoxy groups -OCH3 is 1. The Balaban J connectivity index is 2.19. The molecule has 1 heterocycles. The van der Waals surface area contributed by atoms with Crippen LogP contribution in [0.1, 0.15) is 37.7 Å². The number of ketones is 1. The molecule has 0 saturated carbocycles. The van der Waals surface area contributed by atoms with E-state index in [1.165, 1.54) is 7.11 Å². The van der Waals surface area contributed by atoms with Gasteiger partial charge in [-0.3, -0.25) is 14.6 Å². The van der Waals surface area contributed by atoms with Gasteiger partial charge in [0, 0.05) is 54.1 Å². The highest BCUT2D eigenvalue weighted by molar-refractivity contribution is 6.32. The van der Waals surface area contributed by atoms with Crippen LogP contribution in [0.15, 0.2) is 34.5 Å². The summed E-state index contributed by atoms with van der Waals surface area (Å²) in [7, 11) is 5.23. The molecule has 0 N–H and O–H groups in total. The predicted molar refractivity (Wildman–Crippen MR) is 103 cm³/mol. The lowest BCUT2D eigenvalue weighted by atomic mass is 9.71. The van der Waals surface area contributed by atoms with Crippen LogP contribution >= 0.6 is 11.6 Å². The van der Waals surface area contributed by atoms with E-state index in [9.17, 15) is 9.59 Å². The molecule has 2 aliphatic rings. The second-order valence-corrected chi connectivity index (χ2v) is 7.38. The maximum Gasteiger partial charge on any atom is 0.315 e. The van der Waals surface area contributed by atoms with Crippen molar-refractivity contribution in [3.63, 3.8) is 0 Å². The maximum atomic E-state index is 12.7. The van der Waals surface area contributed by atoms with Crippen molar-refractivity contribution in [1.29, 1.82) is 0 Å². The highest BCUT2D eigenvalue weighted by Gasteiger charge is 2.43. The molecule has 0 bridgehead atoms. The number of aliphatic imine (C=N–C) groups is 1. The average molecular weight is 375 g/mol. The first-order valence-electron chi connectivity index (χ1n) is 8.71. The lowest BCUT2D eigenvalue weighted by Crippen LogP contribution is -2.37. The molecule has 0 fully saturated rings. The zero-order valence-electron chi connectivity index (χ0n) is 15.5. The number of esters is 1. The van der Waals surface area contributed by atoms with Crippen LogP contribution in [0.2, 0.25) is 5.02 Å². The first-order valence-corrected chi connectivity index (χ1v) is 9.09. The van der Waals surface area contributed by atoms with Gasteiger partial charge in [0.15, 0.2) is 5.78 Å². The van der Waals surface area contributed by atoms with Crippen LogP contribution < -0.4 is 4.90 Å². The van der Waals surface area contributed by atoms with E-state index in [0.29, 0.717) is 22.7 Å². The number of hydrogen-bond acceptors (Lipinski definition) is 5. The van der Waals surface area contributed by atoms with Gasteiger partial charge in [0.05, 0.1) is 7.11 Å².